The molecule has 2 aliphatic carbocycles. The molecule has 23 heavy (non-hydrogen) atoms. The summed E-state index contributed by atoms with van der Waals surface area (Å²) in [7, 11) is 0. The summed E-state index contributed by atoms with van der Waals surface area (Å²) in [5.74, 6) is 3.90. The summed E-state index contributed by atoms with van der Waals surface area (Å²) in [6, 6.07) is 4.76. The molecule has 0 N–H and O–H groups in total. The molecule has 1 aromatic rings. The molecule has 0 aliphatic heterocycles. The lowest BCUT2D eigenvalue weighted by molar-refractivity contribution is 0.211. The van der Waals surface area contributed by atoms with Gasteiger partial charge >= 0.3 is 0 Å². The van der Waals surface area contributed by atoms with Crippen LogP contribution >= 0.6 is 0 Å². The van der Waals surface area contributed by atoms with Crippen molar-refractivity contribution in [3.05, 3.63) is 34.4 Å². The zero-order valence-corrected chi connectivity index (χ0v) is 15.8. The second-order valence-electron chi connectivity index (χ2n) is 8.80. The van der Waals surface area contributed by atoms with Gasteiger partial charge in [0.2, 0.25) is 0 Å². The van der Waals surface area contributed by atoms with E-state index in [9.17, 15) is 0 Å². The number of benzene rings is 1. The summed E-state index contributed by atoms with van der Waals surface area (Å²) in [4.78, 5) is 0. The van der Waals surface area contributed by atoms with Crippen molar-refractivity contribution >= 4 is 0 Å². The van der Waals surface area contributed by atoms with Crippen molar-refractivity contribution in [2.75, 3.05) is 0 Å². The number of rotatable bonds is 3. The van der Waals surface area contributed by atoms with Gasteiger partial charge in [0.05, 0.1) is 0 Å². The van der Waals surface area contributed by atoms with Crippen LogP contribution in [-0.2, 0) is 0 Å². The van der Waals surface area contributed by atoms with Crippen LogP contribution in [0.15, 0.2) is 12.1 Å². The van der Waals surface area contributed by atoms with Crippen molar-refractivity contribution in [3.8, 4) is 0 Å². The molecule has 0 aromatic heterocycles. The molecule has 2 fully saturated rings. The molecule has 0 spiro atoms. The van der Waals surface area contributed by atoms with Crippen LogP contribution in [0.3, 0.4) is 0 Å². The van der Waals surface area contributed by atoms with Gasteiger partial charge in [0.15, 0.2) is 0 Å². The van der Waals surface area contributed by atoms with Gasteiger partial charge in [-0.15, -0.1) is 0 Å². The van der Waals surface area contributed by atoms with Crippen molar-refractivity contribution in [3.63, 3.8) is 0 Å². The first-order chi connectivity index (χ1) is 11.0. The van der Waals surface area contributed by atoms with Gasteiger partial charge in [-0.1, -0.05) is 44.7 Å². The van der Waals surface area contributed by atoms with E-state index in [0.717, 1.165) is 23.7 Å². The third-order valence-electron chi connectivity index (χ3n) is 7.19. The Morgan fingerprint density at radius 1 is 0.783 bits per heavy atom. The maximum atomic E-state index is 2.44. The van der Waals surface area contributed by atoms with Gasteiger partial charge in [-0.2, -0.15) is 0 Å². The molecule has 0 saturated heterocycles. The predicted molar refractivity (Wildman–Crippen MR) is 105 cm³/mol. The zero-order chi connectivity index (χ0) is 16.4. The Bertz CT molecular complexity index is 521. The number of hydrogen-bond donors (Lipinski definition) is 0. The monoisotopic (exact) mass is 316 g/mol. The Labute approximate surface area is 147 Å². The van der Waals surface area contributed by atoms with Crippen LogP contribution in [-0.4, -0.2) is 0 Å². The van der Waals surface area contributed by atoms with Crippen LogP contribution < -0.4 is 0 Å². The van der Waals surface area contributed by atoms with Crippen molar-refractivity contribution in [2.24, 2.45) is 17.8 Å². The van der Waals surface area contributed by atoms with Gasteiger partial charge in [-0.25, -0.2) is 0 Å². The molecule has 0 unspecified atom stereocenters. The van der Waals surface area contributed by atoms with Gasteiger partial charge in [0, 0.05) is 2.85 Å². The molecule has 3 rings (SSSR count). The molecular formula is C23H40. The molecular weight excluding hydrogens is 276 g/mol. The minimum absolute atomic E-state index is 0. The molecule has 0 heteroatoms. The summed E-state index contributed by atoms with van der Waals surface area (Å²) >= 11 is 0. The van der Waals surface area contributed by atoms with E-state index in [1.54, 1.807) is 11.1 Å². The Balaban J connectivity index is 0.00000156. The lowest BCUT2D eigenvalue weighted by Crippen LogP contribution is -2.20. The summed E-state index contributed by atoms with van der Waals surface area (Å²) in [5, 5.41) is 0. The molecule has 0 atom stereocenters. The molecule has 0 bridgehead atoms. The lowest BCUT2D eigenvalue weighted by atomic mass is 9.72. The minimum Gasteiger partial charge on any atom is -0.0625 e. The highest BCUT2D eigenvalue weighted by atomic mass is 14.3. The minimum atomic E-state index is 0. The topological polar surface area (TPSA) is 0 Å². The highest BCUT2D eigenvalue weighted by Gasteiger charge is 2.27. The lowest BCUT2D eigenvalue weighted by Gasteiger charge is -2.34. The second-order valence-corrected chi connectivity index (χ2v) is 8.80. The van der Waals surface area contributed by atoms with E-state index < -0.39 is 0 Å². The molecule has 0 heterocycles. The van der Waals surface area contributed by atoms with Crippen molar-refractivity contribution in [2.45, 2.75) is 91.4 Å². The molecule has 0 nitrogen and oxygen atoms in total. The number of aryl methyl sites for hydroxylation is 1. The summed E-state index contributed by atoms with van der Waals surface area (Å²) < 4.78 is 0. The first-order valence-electron chi connectivity index (χ1n) is 10.1. The van der Waals surface area contributed by atoms with E-state index in [1.807, 2.05) is 0 Å². The maximum absolute atomic E-state index is 2.44. The van der Waals surface area contributed by atoms with Gasteiger partial charge in [0.1, 0.15) is 0 Å². The fraction of sp³-hybridized carbons (Fsp3) is 0.739. The van der Waals surface area contributed by atoms with E-state index in [4.69, 9.17) is 0 Å². The maximum Gasteiger partial charge on any atom is 0 e. The Morgan fingerprint density at radius 3 is 1.96 bits per heavy atom. The second kappa shape index (κ2) is 7.41. The first kappa shape index (κ1) is 17.1. The summed E-state index contributed by atoms with van der Waals surface area (Å²) in [5.41, 5.74) is 6.18. The van der Waals surface area contributed by atoms with Crippen molar-refractivity contribution in [1.82, 2.24) is 0 Å². The van der Waals surface area contributed by atoms with Crippen LogP contribution in [0.25, 0.3) is 0 Å². The quantitative estimate of drug-likeness (QED) is 0.538. The van der Waals surface area contributed by atoms with E-state index in [-0.39, 0.29) is 2.85 Å². The van der Waals surface area contributed by atoms with Crippen molar-refractivity contribution in [1.29, 1.82) is 0 Å². The first-order valence-corrected chi connectivity index (χ1v) is 10.1. The van der Waals surface area contributed by atoms with E-state index >= 15 is 0 Å². The molecule has 2 aliphatic rings. The van der Waals surface area contributed by atoms with Gasteiger partial charge in [-0.3, -0.25) is 0 Å². The van der Waals surface area contributed by atoms with E-state index in [2.05, 4.69) is 39.8 Å². The van der Waals surface area contributed by atoms with E-state index in [1.165, 1.54) is 68.9 Å². The predicted octanol–water partition coefficient (Wildman–Crippen LogP) is 7.59. The van der Waals surface area contributed by atoms with E-state index in [0.29, 0.717) is 0 Å². The third kappa shape index (κ3) is 4.01. The highest BCUT2D eigenvalue weighted by Crippen LogP contribution is 2.42. The molecule has 0 radical (unpaired) electrons. The van der Waals surface area contributed by atoms with Gasteiger partial charge in [0.25, 0.3) is 0 Å². The molecule has 1 aromatic carbocycles. The van der Waals surface area contributed by atoms with Gasteiger partial charge in [-0.05, 0) is 98.8 Å². The third-order valence-corrected chi connectivity index (χ3v) is 7.19. The largest absolute Gasteiger partial charge is 0.0625 e. The fourth-order valence-electron chi connectivity index (χ4n) is 5.16. The van der Waals surface area contributed by atoms with Crippen molar-refractivity contribution < 1.29 is 2.85 Å². The standard InChI is InChI=1S/C23H36.2H2/c1-16-5-8-20(9-6-16)15-21-10-12-22(13-11-21)23-14-7-17(2)18(3)19(23)4;;/h7,14,16,20-22H,5-6,8-13,15H2,1-4H3;2*1H. The SMILES string of the molecule is Cc1ccc(C2CCC(CC3CCC(C)CC3)CC2)c(C)c1C.[HH].[HH]. The number of hydrogen-bond acceptors (Lipinski definition) is 0. The highest BCUT2D eigenvalue weighted by molar-refractivity contribution is 5.40. The Morgan fingerprint density at radius 2 is 1.35 bits per heavy atom. The summed E-state index contributed by atoms with van der Waals surface area (Å²) in [6.45, 7) is 9.32. The zero-order valence-electron chi connectivity index (χ0n) is 15.8. The molecule has 0 amide bonds. The average Bonchev–Trinajstić information content (AvgIpc) is 2.56. The van der Waals surface area contributed by atoms with Crippen LogP contribution in [0.5, 0.6) is 0 Å². The van der Waals surface area contributed by atoms with Crippen LogP contribution in [0.1, 0.15) is 95.7 Å². The summed E-state index contributed by atoms with van der Waals surface area (Å²) in [6.07, 6.45) is 13.3. The normalized spacial score (nSPS) is 32.0. The fourth-order valence-corrected chi connectivity index (χ4v) is 5.16. The van der Waals surface area contributed by atoms with Crippen LogP contribution in [0, 0.1) is 38.5 Å². The Hall–Kier alpha value is -0.780. The van der Waals surface area contributed by atoms with Crippen LogP contribution in [0.2, 0.25) is 0 Å². The van der Waals surface area contributed by atoms with Gasteiger partial charge < -0.3 is 0 Å². The molecule has 2 saturated carbocycles. The Kier molecular flexibility index (Phi) is 5.49. The smallest absolute Gasteiger partial charge is 0 e. The molecule has 132 valence electrons. The van der Waals surface area contributed by atoms with Crippen LogP contribution in [0.4, 0.5) is 0 Å². The average molecular weight is 317 g/mol.